The molecule has 2 amide bonds. The van der Waals surface area contributed by atoms with Crippen LogP contribution in [0.1, 0.15) is 25.8 Å². The number of amides is 2. The minimum Gasteiger partial charge on any atom is -0.497 e. The van der Waals surface area contributed by atoms with Crippen molar-refractivity contribution in [3.8, 4) is 11.5 Å². The first-order chi connectivity index (χ1) is 16.5. The summed E-state index contributed by atoms with van der Waals surface area (Å²) in [6, 6.07) is 11.2. The lowest BCUT2D eigenvalue weighted by molar-refractivity contribution is -0.139. The maximum Gasteiger partial charge on any atom is 0.244 e. The number of methoxy groups -OCH3 is 2. The Bertz CT molecular complexity index is 1120. The first-order valence-electron chi connectivity index (χ1n) is 11.0. The van der Waals surface area contributed by atoms with E-state index in [0.717, 1.165) is 27.0 Å². The van der Waals surface area contributed by atoms with Crippen LogP contribution < -0.4 is 19.1 Å². The minimum absolute atomic E-state index is 0.125. The summed E-state index contributed by atoms with van der Waals surface area (Å²) in [5, 5.41) is 2.80. The zero-order valence-corrected chi connectivity index (χ0v) is 23.0. The predicted octanol–water partition coefficient (Wildman–Crippen LogP) is 3.18. The number of anilines is 1. The second-order valence-electron chi connectivity index (χ2n) is 7.92. The number of nitrogens with one attached hydrogen (secondary N) is 1. The Balaban J connectivity index is 2.45. The number of halogens is 1. The van der Waals surface area contributed by atoms with Crippen LogP contribution in [-0.2, 0) is 26.2 Å². The Morgan fingerprint density at radius 1 is 1.09 bits per heavy atom. The second kappa shape index (κ2) is 12.8. The molecule has 0 saturated heterocycles. The highest BCUT2D eigenvalue weighted by Gasteiger charge is 2.31. The van der Waals surface area contributed by atoms with Gasteiger partial charge < -0.3 is 19.7 Å². The maximum absolute atomic E-state index is 13.6. The molecule has 0 aliphatic carbocycles. The van der Waals surface area contributed by atoms with Gasteiger partial charge in [-0.3, -0.25) is 13.9 Å². The van der Waals surface area contributed by atoms with Crippen LogP contribution in [0.15, 0.2) is 46.9 Å². The molecule has 2 aromatic carbocycles. The highest BCUT2D eigenvalue weighted by atomic mass is 79.9. The molecule has 0 unspecified atom stereocenters. The van der Waals surface area contributed by atoms with Gasteiger partial charge in [-0.2, -0.15) is 0 Å². The van der Waals surface area contributed by atoms with E-state index < -0.39 is 28.5 Å². The molecule has 35 heavy (non-hydrogen) atoms. The molecule has 1 atom stereocenters. The smallest absolute Gasteiger partial charge is 0.244 e. The van der Waals surface area contributed by atoms with Gasteiger partial charge in [-0.15, -0.1) is 0 Å². The highest BCUT2D eigenvalue weighted by Crippen LogP contribution is 2.34. The lowest BCUT2D eigenvalue weighted by Crippen LogP contribution is -2.51. The number of benzene rings is 2. The average molecular weight is 571 g/mol. The zero-order chi connectivity index (χ0) is 26.2. The van der Waals surface area contributed by atoms with E-state index in [1.807, 2.05) is 31.2 Å². The fourth-order valence-corrected chi connectivity index (χ4v) is 4.46. The van der Waals surface area contributed by atoms with Crippen molar-refractivity contribution < 1.29 is 27.5 Å². The molecule has 0 spiro atoms. The molecular weight excluding hydrogens is 538 g/mol. The number of hydrogen-bond acceptors (Lipinski definition) is 6. The first kappa shape index (κ1) is 28.4. The molecule has 11 heteroatoms. The van der Waals surface area contributed by atoms with Gasteiger partial charge in [0.05, 0.1) is 26.2 Å². The molecule has 1 N–H and O–H groups in total. The van der Waals surface area contributed by atoms with Crippen molar-refractivity contribution in [2.24, 2.45) is 0 Å². The quantitative estimate of drug-likeness (QED) is 0.421. The van der Waals surface area contributed by atoms with Gasteiger partial charge in [0.1, 0.15) is 24.1 Å². The summed E-state index contributed by atoms with van der Waals surface area (Å²) in [7, 11) is -1.03. The third-order valence-corrected chi connectivity index (χ3v) is 6.97. The lowest BCUT2D eigenvalue weighted by atomic mass is 10.1. The SMILES string of the molecule is CCCNC(=O)[C@@H](C)N(Cc1ccc(Br)cc1)C(=O)CN(c1cc(OC)ccc1OC)S(C)(=O)=O. The van der Waals surface area contributed by atoms with Crippen LogP contribution in [0.3, 0.4) is 0 Å². The number of rotatable bonds is 12. The van der Waals surface area contributed by atoms with Crippen molar-refractivity contribution in [2.75, 3.05) is 37.9 Å². The van der Waals surface area contributed by atoms with Gasteiger partial charge in [-0.25, -0.2) is 8.42 Å². The van der Waals surface area contributed by atoms with Gasteiger partial charge >= 0.3 is 0 Å². The van der Waals surface area contributed by atoms with E-state index in [2.05, 4.69) is 21.2 Å². The fourth-order valence-electron chi connectivity index (χ4n) is 3.35. The Morgan fingerprint density at radius 2 is 1.74 bits per heavy atom. The number of carbonyl (C=O) groups excluding carboxylic acids is 2. The zero-order valence-electron chi connectivity index (χ0n) is 20.6. The van der Waals surface area contributed by atoms with E-state index in [9.17, 15) is 18.0 Å². The highest BCUT2D eigenvalue weighted by molar-refractivity contribution is 9.10. The van der Waals surface area contributed by atoms with Crippen LogP contribution in [0, 0.1) is 0 Å². The molecule has 2 aromatic rings. The van der Waals surface area contributed by atoms with E-state index in [-0.39, 0.29) is 23.9 Å². The molecule has 0 fully saturated rings. The number of ether oxygens (including phenoxy) is 2. The van der Waals surface area contributed by atoms with E-state index in [1.165, 1.54) is 25.2 Å². The van der Waals surface area contributed by atoms with Crippen LogP contribution in [0.5, 0.6) is 11.5 Å². The Kier molecular flexibility index (Phi) is 10.4. The first-order valence-corrected chi connectivity index (χ1v) is 13.7. The van der Waals surface area contributed by atoms with Gasteiger partial charge in [0, 0.05) is 23.6 Å². The van der Waals surface area contributed by atoms with Gasteiger partial charge in [-0.05, 0) is 43.2 Å². The van der Waals surface area contributed by atoms with Gasteiger partial charge in [-0.1, -0.05) is 35.0 Å². The van der Waals surface area contributed by atoms with Crippen LogP contribution in [-0.4, -0.2) is 64.7 Å². The summed E-state index contributed by atoms with van der Waals surface area (Å²) in [5.74, 6) is -0.192. The third kappa shape index (κ3) is 7.86. The monoisotopic (exact) mass is 569 g/mol. The van der Waals surface area contributed by atoms with Crippen LogP contribution in [0.2, 0.25) is 0 Å². The minimum atomic E-state index is -3.90. The molecule has 0 aliphatic rings. The largest absolute Gasteiger partial charge is 0.497 e. The topological polar surface area (TPSA) is 105 Å². The maximum atomic E-state index is 13.6. The molecule has 0 saturated carbocycles. The molecule has 0 aromatic heterocycles. The molecule has 0 aliphatic heterocycles. The fraction of sp³-hybridized carbons (Fsp3) is 0.417. The Hall–Kier alpha value is -2.79. The summed E-state index contributed by atoms with van der Waals surface area (Å²) in [5.41, 5.74) is 0.955. The van der Waals surface area contributed by atoms with Crippen molar-refractivity contribution in [1.29, 1.82) is 0 Å². The van der Waals surface area contributed by atoms with E-state index >= 15 is 0 Å². The average Bonchev–Trinajstić information content (AvgIpc) is 2.83. The number of hydrogen-bond donors (Lipinski definition) is 1. The molecule has 9 nitrogen and oxygen atoms in total. The summed E-state index contributed by atoms with van der Waals surface area (Å²) in [6.07, 6.45) is 1.76. The van der Waals surface area contributed by atoms with E-state index in [0.29, 0.717) is 12.3 Å². The summed E-state index contributed by atoms with van der Waals surface area (Å²) < 4.78 is 38.0. The number of sulfonamides is 1. The van der Waals surface area contributed by atoms with Crippen molar-refractivity contribution >= 4 is 43.5 Å². The van der Waals surface area contributed by atoms with Crippen LogP contribution in [0.25, 0.3) is 0 Å². The Labute approximate surface area is 215 Å². The second-order valence-corrected chi connectivity index (χ2v) is 10.7. The van der Waals surface area contributed by atoms with Crippen molar-refractivity contribution in [3.63, 3.8) is 0 Å². The predicted molar refractivity (Wildman–Crippen MR) is 139 cm³/mol. The third-order valence-electron chi connectivity index (χ3n) is 5.32. The van der Waals surface area contributed by atoms with Crippen molar-refractivity contribution in [3.05, 3.63) is 52.5 Å². The molecule has 0 radical (unpaired) electrons. The molecule has 2 rings (SSSR count). The Morgan fingerprint density at radius 3 is 2.29 bits per heavy atom. The van der Waals surface area contributed by atoms with Gasteiger partial charge in [0.15, 0.2) is 0 Å². The number of carbonyl (C=O) groups is 2. The van der Waals surface area contributed by atoms with Crippen LogP contribution in [0.4, 0.5) is 5.69 Å². The van der Waals surface area contributed by atoms with Crippen molar-refractivity contribution in [2.45, 2.75) is 32.9 Å². The summed E-state index contributed by atoms with van der Waals surface area (Å²) >= 11 is 3.39. The molecule has 192 valence electrons. The normalized spacial score (nSPS) is 11.9. The summed E-state index contributed by atoms with van der Waals surface area (Å²) in [6.45, 7) is 3.63. The van der Waals surface area contributed by atoms with Crippen LogP contribution >= 0.6 is 15.9 Å². The molecular formula is C24H32BrN3O6S. The van der Waals surface area contributed by atoms with Crippen molar-refractivity contribution in [1.82, 2.24) is 10.2 Å². The standard InChI is InChI=1S/C24H32BrN3O6S/c1-6-13-26-24(30)17(2)27(15-18-7-9-19(25)10-8-18)23(29)16-28(35(5,31)32)21-14-20(33-3)11-12-22(21)34-4/h7-12,14,17H,6,13,15-16H2,1-5H3,(H,26,30)/t17-/m1/s1. The summed E-state index contributed by atoms with van der Waals surface area (Å²) in [4.78, 5) is 27.7. The van der Waals surface area contributed by atoms with Gasteiger partial charge in [0.25, 0.3) is 0 Å². The lowest BCUT2D eigenvalue weighted by Gasteiger charge is -2.32. The van der Waals surface area contributed by atoms with E-state index in [4.69, 9.17) is 9.47 Å². The molecule has 0 bridgehead atoms. The van der Waals surface area contributed by atoms with Gasteiger partial charge in [0.2, 0.25) is 21.8 Å². The molecule has 0 heterocycles. The number of nitrogens with zero attached hydrogens (tertiary/aromatic N) is 2. The van der Waals surface area contributed by atoms with E-state index in [1.54, 1.807) is 19.1 Å².